The van der Waals surface area contributed by atoms with Crippen LogP contribution in [0.25, 0.3) is 0 Å². The lowest BCUT2D eigenvalue weighted by molar-refractivity contribution is 0.626. The Hall–Kier alpha value is -0.860. The van der Waals surface area contributed by atoms with E-state index < -0.39 is 0 Å². The first-order chi connectivity index (χ1) is 5.83. The lowest BCUT2D eigenvalue weighted by atomic mass is 10.2. The Morgan fingerprint density at radius 1 is 1.31 bits per heavy atom. The van der Waals surface area contributed by atoms with Crippen LogP contribution < -0.4 is 5.32 Å². The second kappa shape index (κ2) is 6.63. The highest BCUT2D eigenvalue weighted by Gasteiger charge is 1.91. The van der Waals surface area contributed by atoms with Gasteiger partial charge in [0, 0.05) is 13.1 Å². The van der Waals surface area contributed by atoms with E-state index in [0.29, 0.717) is 0 Å². The fourth-order valence-corrected chi connectivity index (χ4v) is 0.921. The third kappa shape index (κ3) is 4.65. The predicted octanol–water partition coefficient (Wildman–Crippen LogP) is 2.52. The van der Waals surface area contributed by atoms with E-state index in [1.165, 1.54) is 12.1 Å². The van der Waals surface area contributed by atoms with Gasteiger partial charge in [0.05, 0.1) is 0 Å². The molecular formula is C10H13ClFN. The summed E-state index contributed by atoms with van der Waals surface area (Å²) in [6.07, 6.45) is 1.80. The van der Waals surface area contributed by atoms with Crippen LogP contribution in [-0.2, 0) is 6.54 Å². The molecular weight excluding hydrogens is 189 g/mol. The van der Waals surface area contributed by atoms with Crippen LogP contribution in [0.1, 0.15) is 5.56 Å². The molecule has 0 bridgehead atoms. The van der Waals surface area contributed by atoms with E-state index in [-0.39, 0.29) is 18.2 Å². The fourth-order valence-electron chi connectivity index (χ4n) is 0.921. The van der Waals surface area contributed by atoms with E-state index in [9.17, 15) is 4.39 Å². The SMILES string of the molecule is C=CCNCc1ccc(F)cc1.Cl. The molecule has 0 saturated heterocycles. The van der Waals surface area contributed by atoms with Crippen LogP contribution in [0.4, 0.5) is 4.39 Å². The van der Waals surface area contributed by atoms with Gasteiger partial charge < -0.3 is 5.32 Å². The summed E-state index contributed by atoms with van der Waals surface area (Å²) in [5, 5.41) is 3.13. The zero-order chi connectivity index (χ0) is 8.81. The highest BCUT2D eigenvalue weighted by atomic mass is 35.5. The summed E-state index contributed by atoms with van der Waals surface area (Å²) in [4.78, 5) is 0. The van der Waals surface area contributed by atoms with Gasteiger partial charge >= 0.3 is 0 Å². The lowest BCUT2D eigenvalue weighted by Crippen LogP contribution is -2.12. The van der Waals surface area contributed by atoms with Crippen LogP contribution in [0.15, 0.2) is 36.9 Å². The van der Waals surface area contributed by atoms with Gasteiger partial charge in [-0.15, -0.1) is 19.0 Å². The third-order valence-electron chi connectivity index (χ3n) is 1.53. The molecule has 72 valence electrons. The highest BCUT2D eigenvalue weighted by Crippen LogP contribution is 2.01. The van der Waals surface area contributed by atoms with Crippen molar-refractivity contribution >= 4 is 12.4 Å². The minimum Gasteiger partial charge on any atom is -0.309 e. The van der Waals surface area contributed by atoms with Gasteiger partial charge in [-0.25, -0.2) is 4.39 Å². The summed E-state index contributed by atoms with van der Waals surface area (Å²) in [5.74, 6) is -0.192. The van der Waals surface area contributed by atoms with Gasteiger partial charge in [-0.05, 0) is 17.7 Å². The molecule has 1 nitrogen and oxygen atoms in total. The van der Waals surface area contributed by atoms with E-state index in [1.807, 2.05) is 0 Å². The van der Waals surface area contributed by atoms with Gasteiger partial charge in [0.2, 0.25) is 0 Å². The van der Waals surface area contributed by atoms with Gasteiger partial charge in [0.1, 0.15) is 5.82 Å². The van der Waals surface area contributed by atoms with E-state index in [2.05, 4.69) is 11.9 Å². The van der Waals surface area contributed by atoms with E-state index in [0.717, 1.165) is 18.7 Å². The van der Waals surface area contributed by atoms with Crippen molar-refractivity contribution in [2.45, 2.75) is 6.54 Å². The zero-order valence-electron chi connectivity index (χ0n) is 7.29. The first kappa shape index (κ1) is 12.1. The van der Waals surface area contributed by atoms with Crippen molar-refractivity contribution in [1.82, 2.24) is 5.32 Å². The highest BCUT2D eigenvalue weighted by molar-refractivity contribution is 5.85. The summed E-state index contributed by atoms with van der Waals surface area (Å²) < 4.78 is 12.4. The standard InChI is InChI=1S/C10H12FN.ClH/c1-2-7-12-8-9-3-5-10(11)6-4-9;/h2-6,12H,1,7-8H2;1H. The number of rotatable bonds is 4. The van der Waals surface area contributed by atoms with Crippen molar-refractivity contribution in [3.63, 3.8) is 0 Å². The van der Waals surface area contributed by atoms with Gasteiger partial charge in [-0.1, -0.05) is 18.2 Å². The van der Waals surface area contributed by atoms with Gasteiger partial charge in [0.15, 0.2) is 0 Å². The Labute approximate surface area is 84.1 Å². The van der Waals surface area contributed by atoms with E-state index >= 15 is 0 Å². The average Bonchev–Trinajstić information content (AvgIpc) is 2.09. The van der Waals surface area contributed by atoms with Crippen LogP contribution in [0.3, 0.4) is 0 Å². The second-order valence-electron chi connectivity index (χ2n) is 2.55. The molecule has 0 aromatic heterocycles. The molecule has 0 unspecified atom stereocenters. The molecule has 3 heteroatoms. The van der Waals surface area contributed by atoms with Crippen LogP contribution in [0, 0.1) is 5.82 Å². The number of hydrogen-bond donors (Lipinski definition) is 1. The first-order valence-corrected chi connectivity index (χ1v) is 3.89. The van der Waals surface area contributed by atoms with Crippen molar-refractivity contribution in [3.05, 3.63) is 48.3 Å². The summed E-state index contributed by atoms with van der Waals surface area (Å²) in [5.41, 5.74) is 1.08. The van der Waals surface area contributed by atoms with Crippen molar-refractivity contribution in [2.24, 2.45) is 0 Å². The third-order valence-corrected chi connectivity index (χ3v) is 1.53. The molecule has 0 aliphatic heterocycles. The minimum atomic E-state index is -0.192. The minimum absolute atomic E-state index is 0. The maximum atomic E-state index is 12.4. The quantitative estimate of drug-likeness (QED) is 0.583. The number of halogens is 2. The molecule has 1 N–H and O–H groups in total. The summed E-state index contributed by atoms with van der Waals surface area (Å²) in [6, 6.07) is 6.46. The monoisotopic (exact) mass is 201 g/mol. The lowest BCUT2D eigenvalue weighted by Gasteiger charge is -2.00. The summed E-state index contributed by atoms with van der Waals surface area (Å²) in [7, 11) is 0. The Kier molecular flexibility index (Phi) is 6.20. The normalized spacial score (nSPS) is 9.00. The zero-order valence-corrected chi connectivity index (χ0v) is 8.11. The van der Waals surface area contributed by atoms with Gasteiger partial charge in [-0.3, -0.25) is 0 Å². The Bertz CT molecular complexity index is 246. The van der Waals surface area contributed by atoms with Gasteiger partial charge in [0.25, 0.3) is 0 Å². The molecule has 0 saturated carbocycles. The Balaban J connectivity index is 0.00000144. The molecule has 0 aliphatic carbocycles. The smallest absolute Gasteiger partial charge is 0.123 e. The van der Waals surface area contributed by atoms with Crippen molar-refractivity contribution < 1.29 is 4.39 Å². The van der Waals surface area contributed by atoms with E-state index in [1.54, 1.807) is 18.2 Å². The topological polar surface area (TPSA) is 12.0 Å². The molecule has 0 amide bonds. The maximum absolute atomic E-state index is 12.4. The van der Waals surface area contributed by atoms with Crippen LogP contribution >= 0.6 is 12.4 Å². The Morgan fingerprint density at radius 2 is 1.92 bits per heavy atom. The average molecular weight is 202 g/mol. The maximum Gasteiger partial charge on any atom is 0.123 e. The molecule has 1 aromatic rings. The molecule has 0 fully saturated rings. The molecule has 0 spiro atoms. The molecule has 1 rings (SSSR count). The number of hydrogen-bond acceptors (Lipinski definition) is 1. The fraction of sp³-hybridized carbons (Fsp3) is 0.200. The molecule has 13 heavy (non-hydrogen) atoms. The second-order valence-corrected chi connectivity index (χ2v) is 2.55. The number of nitrogens with one attached hydrogen (secondary N) is 1. The molecule has 0 radical (unpaired) electrons. The van der Waals surface area contributed by atoms with Crippen LogP contribution in [-0.4, -0.2) is 6.54 Å². The predicted molar refractivity (Wildman–Crippen MR) is 55.6 cm³/mol. The molecule has 0 heterocycles. The molecule has 0 aliphatic rings. The summed E-state index contributed by atoms with van der Waals surface area (Å²) >= 11 is 0. The van der Waals surface area contributed by atoms with Gasteiger partial charge in [-0.2, -0.15) is 0 Å². The van der Waals surface area contributed by atoms with Crippen molar-refractivity contribution in [2.75, 3.05) is 6.54 Å². The van der Waals surface area contributed by atoms with Crippen molar-refractivity contribution in [1.29, 1.82) is 0 Å². The van der Waals surface area contributed by atoms with Crippen molar-refractivity contribution in [3.8, 4) is 0 Å². The summed E-state index contributed by atoms with van der Waals surface area (Å²) in [6.45, 7) is 5.11. The van der Waals surface area contributed by atoms with Crippen LogP contribution in [0.2, 0.25) is 0 Å². The number of benzene rings is 1. The first-order valence-electron chi connectivity index (χ1n) is 3.89. The molecule has 1 aromatic carbocycles. The van der Waals surface area contributed by atoms with Crippen LogP contribution in [0.5, 0.6) is 0 Å². The molecule has 0 atom stereocenters. The van der Waals surface area contributed by atoms with E-state index in [4.69, 9.17) is 0 Å². The Morgan fingerprint density at radius 3 is 2.46 bits per heavy atom. The largest absolute Gasteiger partial charge is 0.309 e.